The predicted molar refractivity (Wildman–Crippen MR) is 80.3 cm³/mol. The van der Waals surface area contributed by atoms with E-state index in [2.05, 4.69) is 10.3 Å². The van der Waals surface area contributed by atoms with Crippen LogP contribution in [0.2, 0.25) is 0 Å². The molecule has 1 fully saturated rings. The molecule has 6 nitrogen and oxygen atoms in total. The molecule has 2 heterocycles. The van der Waals surface area contributed by atoms with Crippen LogP contribution in [0, 0.1) is 5.92 Å². The van der Waals surface area contributed by atoms with Crippen LogP contribution in [-0.4, -0.2) is 55.9 Å². The van der Waals surface area contributed by atoms with E-state index in [4.69, 9.17) is 0 Å². The first-order valence-electron chi connectivity index (χ1n) is 6.99. The summed E-state index contributed by atoms with van der Waals surface area (Å²) in [6.45, 7) is 1.41. The molecule has 1 saturated heterocycles. The van der Waals surface area contributed by atoms with Gasteiger partial charge in [-0.1, -0.05) is 0 Å². The van der Waals surface area contributed by atoms with Crippen LogP contribution in [0.15, 0.2) is 24.5 Å². The second-order valence-corrected chi connectivity index (χ2v) is 7.83. The summed E-state index contributed by atoms with van der Waals surface area (Å²) in [5.41, 5.74) is 1.10. The van der Waals surface area contributed by atoms with Gasteiger partial charge in [0.2, 0.25) is 5.91 Å². The molecule has 0 aromatic carbocycles. The summed E-state index contributed by atoms with van der Waals surface area (Å²) >= 11 is 0. The maximum absolute atomic E-state index is 11.8. The van der Waals surface area contributed by atoms with Crippen LogP contribution in [0.25, 0.3) is 0 Å². The second kappa shape index (κ2) is 7.00. The van der Waals surface area contributed by atoms with Crippen LogP contribution in [0.4, 0.5) is 0 Å². The summed E-state index contributed by atoms with van der Waals surface area (Å²) < 4.78 is 22.7. The highest BCUT2D eigenvalue weighted by molar-refractivity contribution is 7.91. The van der Waals surface area contributed by atoms with Crippen LogP contribution in [0.5, 0.6) is 0 Å². The highest BCUT2D eigenvalue weighted by Gasteiger charge is 2.27. The van der Waals surface area contributed by atoms with E-state index in [1.165, 1.54) is 0 Å². The van der Waals surface area contributed by atoms with E-state index in [0.29, 0.717) is 26.1 Å². The molecular weight excluding hydrogens is 290 g/mol. The van der Waals surface area contributed by atoms with Crippen molar-refractivity contribution in [3.8, 4) is 0 Å². The van der Waals surface area contributed by atoms with Gasteiger partial charge in [0.05, 0.1) is 18.1 Å². The van der Waals surface area contributed by atoms with Crippen LogP contribution in [-0.2, 0) is 21.2 Å². The van der Waals surface area contributed by atoms with Crippen molar-refractivity contribution in [2.75, 3.05) is 31.6 Å². The van der Waals surface area contributed by atoms with E-state index in [0.717, 1.165) is 5.56 Å². The Labute approximate surface area is 125 Å². The number of nitrogens with zero attached hydrogens (tertiary/aromatic N) is 2. The van der Waals surface area contributed by atoms with E-state index < -0.39 is 9.84 Å². The molecule has 21 heavy (non-hydrogen) atoms. The van der Waals surface area contributed by atoms with Crippen molar-refractivity contribution in [3.63, 3.8) is 0 Å². The topological polar surface area (TPSA) is 79.4 Å². The van der Waals surface area contributed by atoms with Gasteiger partial charge in [-0.05, 0) is 37.1 Å². The molecule has 1 aliphatic rings. The summed E-state index contributed by atoms with van der Waals surface area (Å²) in [5.74, 6) is 0.426. The van der Waals surface area contributed by atoms with Crippen molar-refractivity contribution in [3.05, 3.63) is 30.1 Å². The molecule has 1 N–H and O–H groups in total. The molecule has 1 amide bonds. The standard InChI is InChI=1S/C14H21N3O3S/c1-17(9-12-2-5-15-6-3-12)10-14(18)16-8-13-4-7-21(19,20)11-13/h2-3,5-6,13H,4,7-11H2,1H3,(H,16,18). The molecule has 1 aliphatic heterocycles. The van der Waals surface area contributed by atoms with Gasteiger partial charge in [-0.3, -0.25) is 14.7 Å². The first-order chi connectivity index (χ1) is 9.94. The number of sulfone groups is 1. The highest BCUT2D eigenvalue weighted by atomic mass is 32.2. The lowest BCUT2D eigenvalue weighted by Crippen LogP contribution is -2.37. The quantitative estimate of drug-likeness (QED) is 0.804. The average molecular weight is 311 g/mol. The molecule has 0 radical (unpaired) electrons. The van der Waals surface area contributed by atoms with Crippen molar-refractivity contribution < 1.29 is 13.2 Å². The summed E-state index contributed by atoms with van der Waals surface area (Å²) in [4.78, 5) is 17.7. The summed E-state index contributed by atoms with van der Waals surface area (Å²) in [6.07, 6.45) is 4.10. The van der Waals surface area contributed by atoms with Crippen LogP contribution >= 0.6 is 0 Å². The normalized spacial score (nSPS) is 20.6. The number of carbonyl (C=O) groups is 1. The largest absolute Gasteiger partial charge is 0.355 e. The van der Waals surface area contributed by atoms with E-state index in [1.807, 2.05) is 24.1 Å². The third-order valence-corrected chi connectivity index (χ3v) is 5.37. The molecule has 1 aromatic rings. The molecule has 2 rings (SSSR count). The zero-order valence-electron chi connectivity index (χ0n) is 12.2. The zero-order chi connectivity index (χ0) is 15.3. The van der Waals surface area contributed by atoms with E-state index in [9.17, 15) is 13.2 Å². The third kappa shape index (κ3) is 5.43. The lowest BCUT2D eigenvalue weighted by molar-refractivity contribution is -0.122. The Morgan fingerprint density at radius 1 is 1.43 bits per heavy atom. The van der Waals surface area contributed by atoms with E-state index >= 15 is 0 Å². The predicted octanol–water partition coefficient (Wildman–Crippen LogP) is 0.0643. The van der Waals surface area contributed by atoms with Crippen molar-refractivity contribution in [2.45, 2.75) is 13.0 Å². The molecule has 1 aromatic heterocycles. The Hall–Kier alpha value is -1.47. The first-order valence-corrected chi connectivity index (χ1v) is 8.81. The Bertz CT molecular complexity index is 574. The first kappa shape index (κ1) is 15.9. The minimum atomic E-state index is -2.87. The van der Waals surface area contributed by atoms with Gasteiger partial charge in [0, 0.05) is 25.5 Å². The van der Waals surface area contributed by atoms with Gasteiger partial charge >= 0.3 is 0 Å². The molecule has 0 bridgehead atoms. The molecule has 116 valence electrons. The smallest absolute Gasteiger partial charge is 0.234 e. The Balaban J connectivity index is 1.70. The number of nitrogens with one attached hydrogen (secondary N) is 1. The van der Waals surface area contributed by atoms with Gasteiger partial charge in [0.1, 0.15) is 0 Å². The van der Waals surface area contributed by atoms with Crippen molar-refractivity contribution in [2.24, 2.45) is 5.92 Å². The summed E-state index contributed by atoms with van der Waals surface area (Å²) in [7, 11) is -1.000. The van der Waals surface area contributed by atoms with Crippen molar-refractivity contribution in [1.82, 2.24) is 15.2 Å². The molecule has 1 unspecified atom stereocenters. The molecule has 1 atom stereocenters. The fourth-order valence-electron chi connectivity index (χ4n) is 2.45. The summed E-state index contributed by atoms with van der Waals surface area (Å²) in [6, 6.07) is 3.83. The molecular formula is C14H21N3O3S. The molecule has 0 saturated carbocycles. The van der Waals surface area contributed by atoms with Crippen molar-refractivity contribution in [1.29, 1.82) is 0 Å². The third-order valence-electron chi connectivity index (χ3n) is 3.53. The van der Waals surface area contributed by atoms with Gasteiger partial charge in [-0.25, -0.2) is 8.42 Å². The monoisotopic (exact) mass is 311 g/mol. The zero-order valence-corrected chi connectivity index (χ0v) is 13.0. The van der Waals surface area contributed by atoms with Crippen LogP contribution in [0.3, 0.4) is 0 Å². The molecule has 0 spiro atoms. The Morgan fingerprint density at radius 3 is 2.76 bits per heavy atom. The maximum Gasteiger partial charge on any atom is 0.234 e. The summed E-state index contributed by atoms with van der Waals surface area (Å²) in [5, 5.41) is 2.82. The van der Waals surface area contributed by atoms with Gasteiger partial charge in [-0.2, -0.15) is 0 Å². The number of aromatic nitrogens is 1. The van der Waals surface area contributed by atoms with Gasteiger partial charge < -0.3 is 5.32 Å². The number of hydrogen-bond donors (Lipinski definition) is 1. The van der Waals surface area contributed by atoms with Crippen LogP contribution in [0.1, 0.15) is 12.0 Å². The lowest BCUT2D eigenvalue weighted by Gasteiger charge is -2.17. The fraction of sp³-hybridized carbons (Fsp3) is 0.571. The van der Waals surface area contributed by atoms with Crippen LogP contribution < -0.4 is 5.32 Å². The van der Waals surface area contributed by atoms with Gasteiger partial charge in [0.25, 0.3) is 0 Å². The number of hydrogen-bond acceptors (Lipinski definition) is 5. The highest BCUT2D eigenvalue weighted by Crippen LogP contribution is 2.17. The minimum Gasteiger partial charge on any atom is -0.355 e. The Kier molecular flexibility index (Phi) is 5.30. The second-order valence-electron chi connectivity index (χ2n) is 5.60. The number of carbonyl (C=O) groups excluding carboxylic acids is 1. The maximum atomic E-state index is 11.8. The van der Waals surface area contributed by atoms with E-state index in [-0.39, 0.29) is 23.3 Å². The van der Waals surface area contributed by atoms with Crippen molar-refractivity contribution >= 4 is 15.7 Å². The molecule has 0 aliphatic carbocycles. The minimum absolute atomic E-state index is 0.0597. The number of pyridine rings is 1. The van der Waals surface area contributed by atoms with Gasteiger partial charge in [0.15, 0.2) is 9.84 Å². The molecule has 7 heteroatoms. The number of likely N-dealkylation sites (N-methyl/N-ethyl adjacent to an activating group) is 1. The average Bonchev–Trinajstić information content (AvgIpc) is 2.77. The fourth-order valence-corrected chi connectivity index (χ4v) is 4.31. The number of rotatable bonds is 6. The van der Waals surface area contributed by atoms with Gasteiger partial charge in [-0.15, -0.1) is 0 Å². The Morgan fingerprint density at radius 2 is 2.14 bits per heavy atom. The SMILES string of the molecule is CN(CC(=O)NCC1CCS(=O)(=O)C1)Cc1ccncc1. The number of amides is 1. The van der Waals surface area contributed by atoms with E-state index in [1.54, 1.807) is 12.4 Å². The lowest BCUT2D eigenvalue weighted by atomic mass is 10.1.